The van der Waals surface area contributed by atoms with Crippen molar-refractivity contribution in [2.24, 2.45) is 0 Å². The van der Waals surface area contributed by atoms with Crippen LogP contribution < -0.4 is 0 Å². The second-order valence-corrected chi connectivity index (χ2v) is 7.12. The molecule has 0 radical (unpaired) electrons. The predicted molar refractivity (Wildman–Crippen MR) is 95.4 cm³/mol. The molecule has 1 unspecified atom stereocenters. The quantitative estimate of drug-likeness (QED) is 0.781. The molecule has 2 aliphatic rings. The van der Waals surface area contributed by atoms with Crippen molar-refractivity contribution in [2.75, 3.05) is 19.6 Å². The van der Waals surface area contributed by atoms with Crippen molar-refractivity contribution in [1.29, 1.82) is 0 Å². The Labute approximate surface area is 161 Å². The zero-order valence-corrected chi connectivity index (χ0v) is 15.6. The Bertz CT molecular complexity index is 671. The molecule has 2 aliphatic heterocycles. The van der Waals surface area contributed by atoms with E-state index in [2.05, 4.69) is 16.4 Å². The smallest absolute Gasteiger partial charge is 0.475 e. The first-order chi connectivity index (χ1) is 13.2. The number of hydrogen-bond donors (Lipinski definition) is 1. The third-order valence-electron chi connectivity index (χ3n) is 5.08. The van der Waals surface area contributed by atoms with E-state index in [0.717, 1.165) is 45.3 Å². The first-order valence-corrected chi connectivity index (χ1v) is 9.13. The summed E-state index contributed by atoms with van der Waals surface area (Å²) in [5, 5.41) is 7.12. The lowest BCUT2D eigenvalue weighted by molar-refractivity contribution is -0.192. The normalized spacial score (nSPS) is 23.2. The van der Waals surface area contributed by atoms with Crippen LogP contribution in [0, 0.1) is 0 Å². The fraction of sp³-hybridized carbons (Fsp3) is 0.579. The van der Waals surface area contributed by atoms with Gasteiger partial charge in [0.25, 0.3) is 0 Å². The summed E-state index contributed by atoms with van der Waals surface area (Å²) < 4.78 is 36.9. The molecular formula is C19H25F3N2O4. The van der Waals surface area contributed by atoms with E-state index in [1.165, 1.54) is 5.56 Å². The standard InChI is InChI=1S/C17H24N2O2.C2HF3O2/c1-2-9-19-16(20)5-3-7-17(19)8-4-10-18(14-17)12-15-6-11-21-13-15;3-2(4,5)1(6)7/h2,6,11,13H,1,3-5,7-10,12,14H2;(H,6,7). The highest BCUT2D eigenvalue weighted by molar-refractivity contribution is 5.78. The van der Waals surface area contributed by atoms with E-state index in [9.17, 15) is 18.0 Å². The Balaban J connectivity index is 0.000000345. The van der Waals surface area contributed by atoms with Gasteiger partial charge >= 0.3 is 12.1 Å². The number of amides is 1. The van der Waals surface area contributed by atoms with E-state index >= 15 is 0 Å². The molecule has 2 saturated heterocycles. The Kier molecular flexibility index (Phi) is 7.29. The van der Waals surface area contributed by atoms with Crippen molar-refractivity contribution in [1.82, 2.24) is 9.80 Å². The van der Waals surface area contributed by atoms with Gasteiger partial charge in [0.1, 0.15) is 0 Å². The second kappa shape index (κ2) is 9.27. The van der Waals surface area contributed by atoms with Crippen molar-refractivity contribution in [3.05, 3.63) is 36.8 Å². The van der Waals surface area contributed by atoms with E-state index in [1.807, 2.05) is 18.4 Å². The lowest BCUT2D eigenvalue weighted by Crippen LogP contribution is -2.62. The van der Waals surface area contributed by atoms with Crippen LogP contribution in [0.5, 0.6) is 0 Å². The van der Waals surface area contributed by atoms with E-state index in [-0.39, 0.29) is 5.54 Å². The number of furan rings is 1. The van der Waals surface area contributed by atoms with Crippen LogP contribution in [0.25, 0.3) is 0 Å². The Morgan fingerprint density at radius 1 is 1.36 bits per heavy atom. The molecule has 156 valence electrons. The van der Waals surface area contributed by atoms with Crippen molar-refractivity contribution < 1.29 is 32.3 Å². The maximum atomic E-state index is 12.3. The maximum absolute atomic E-state index is 12.3. The number of piperidine rings is 2. The highest BCUT2D eigenvalue weighted by atomic mass is 19.4. The number of carbonyl (C=O) groups is 2. The summed E-state index contributed by atoms with van der Waals surface area (Å²) >= 11 is 0. The number of carbonyl (C=O) groups excluding carboxylic acids is 1. The zero-order chi connectivity index (χ0) is 20.8. The molecule has 6 nitrogen and oxygen atoms in total. The van der Waals surface area contributed by atoms with Gasteiger partial charge in [-0.15, -0.1) is 6.58 Å². The second-order valence-electron chi connectivity index (χ2n) is 7.12. The van der Waals surface area contributed by atoms with Crippen LogP contribution in [0.1, 0.15) is 37.7 Å². The van der Waals surface area contributed by atoms with Gasteiger partial charge in [-0.1, -0.05) is 6.08 Å². The molecule has 1 N–H and O–H groups in total. The zero-order valence-electron chi connectivity index (χ0n) is 15.6. The third kappa shape index (κ3) is 5.60. The number of halogens is 3. The molecule has 1 aromatic rings. The molecular weight excluding hydrogens is 377 g/mol. The summed E-state index contributed by atoms with van der Waals surface area (Å²) in [5.41, 5.74) is 1.23. The number of hydrogen-bond acceptors (Lipinski definition) is 4. The molecule has 1 aromatic heterocycles. The predicted octanol–water partition coefficient (Wildman–Crippen LogP) is 3.45. The summed E-state index contributed by atoms with van der Waals surface area (Å²) in [5.74, 6) is -2.46. The Morgan fingerprint density at radius 3 is 2.61 bits per heavy atom. The van der Waals surface area contributed by atoms with Gasteiger partial charge in [-0.05, 0) is 38.3 Å². The average Bonchev–Trinajstić information content (AvgIpc) is 3.11. The van der Waals surface area contributed by atoms with Crippen LogP contribution in [0.15, 0.2) is 35.7 Å². The number of aliphatic carboxylic acids is 1. The molecule has 3 heterocycles. The van der Waals surface area contributed by atoms with Crippen molar-refractivity contribution >= 4 is 11.9 Å². The highest BCUT2D eigenvalue weighted by Gasteiger charge is 2.44. The highest BCUT2D eigenvalue weighted by Crippen LogP contribution is 2.37. The summed E-state index contributed by atoms with van der Waals surface area (Å²) in [6.45, 7) is 7.49. The minimum atomic E-state index is -5.08. The van der Waals surface area contributed by atoms with Gasteiger partial charge in [0, 0.05) is 31.6 Å². The number of nitrogens with zero attached hydrogens (tertiary/aromatic N) is 2. The molecule has 0 saturated carbocycles. The lowest BCUT2D eigenvalue weighted by atomic mass is 9.79. The van der Waals surface area contributed by atoms with Gasteiger partial charge < -0.3 is 14.4 Å². The molecule has 0 aromatic carbocycles. The number of carboxylic acid groups (broad SMARTS) is 1. The molecule has 0 aliphatic carbocycles. The fourth-order valence-corrected chi connectivity index (χ4v) is 3.93. The number of carboxylic acids is 1. The lowest BCUT2D eigenvalue weighted by Gasteiger charge is -2.52. The molecule has 2 fully saturated rings. The minimum Gasteiger partial charge on any atom is -0.475 e. The van der Waals surface area contributed by atoms with Crippen LogP contribution in [-0.2, 0) is 16.1 Å². The number of likely N-dealkylation sites (tertiary alicyclic amines) is 2. The molecule has 0 bridgehead atoms. The largest absolute Gasteiger partial charge is 0.490 e. The summed E-state index contributed by atoms with van der Waals surface area (Å²) in [6.07, 6.45) is 5.42. The topological polar surface area (TPSA) is 74.0 Å². The summed E-state index contributed by atoms with van der Waals surface area (Å²) in [7, 11) is 0. The number of rotatable bonds is 4. The van der Waals surface area contributed by atoms with Crippen LogP contribution in [0.4, 0.5) is 13.2 Å². The van der Waals surface area contributed by atoms with Crippen LogP contribution in [-0.4, -0.2) is 58.1 Å². The first-order valence-electron chi connectivity index (χ1n) is 9.13. The van der Waals surface area contributed by atoms with E-state index in [4.69, 9.17) is 14.3 Å². The molecule has 1 atom stereocenters. The van der Waals surface area contributed by atoms with Crippen LogP contribution in [0.2, 0.25) is 0 Å². The summed E-state index contributed by atoms with van der Waals surface area (Å²) in [4.78, 5) is 25.8. The first kappa shape index (κ1) is 22.0. The SMILES string of the molecule is C=CCN1C(=O)CCCC12CCCN(Cc1ccoc1)C2.O=C(O)C(F)(F)F. The van der Waals surface area contributed by atoms with Crippen LogP contribution >= 0.6 is 0 Å². The number of alkyl halides is 3. The average molecular weight is 402 g/mol. The van der Waals surface area contributed by atoms with Crippen molar-refractivity contribution in [3.63, 3.8) is 0 Å². The minimum absolute atomic E-state index is 0.0194. The van der Waals surface area contributed by atoms with Gasteiger partial charge in [-0.3, -0.25) is 9.69 Å². The van der Waals surface area contributed by atoms with E-state index < -0.39 is 12.1 Å². The van der Waals surface area contributed by atoms with E-state index in [1.54, 1.807) is 6.26 Å². The third-order valence-corrected chi connectivity index (χ3v) is 5.08. The van der Waals surface area contributed by atoms with Crippen molar-refractivity contribution in [3.8, 4) is 0 Å². The van der Waals surface area contributed by atoms with Gasteiger partial charge in [0.05, 0.1) is 18.1 Å². The van der Waals surface area contributed by atoms with Gasteiger partial charge in [-0.2, -0.15) is 13.2 Å². The fourth-order valence-electron chi connectivity index (χ4n) is 3.93. The molecule has 3 rings (SSSR count). The van der Waals surface area contributed by atoms with Gasteiger partial charge in [-0.25, -0.2) is 4.79 Å². The maximum Gasteiger partial charge on any atom is 0.490 e. The van der Waals surface area contributed by atoms with E-state index in [0.29, 0.717) is 18.9 Å². The van der Waals surface area contributed by atoms with Gasteiger partial charge in [0.15, 0.2) is 0 Å². The molecule has 1 amide bonds. The molecule has 9 heteroatoms. The Hall–Kier alpha value is -2.29. The molecule has 1 spiro atoms. The molecule has 28 heavy (non-hydrogen) atoms. The van der Waals surface area contributed by atoms with Crippen LogP contribution in [0.3, 0.4) is 0 Å². The Morgan fingerprint density at radius 2 is 2.04 bits per heavy atom. The van der Waals surface area contributed by atoms with Gasteiger partial charge in [0.2, 0.25) is 5.91 Å². The van der Waals surface area contributed by atoms with Crippen molar-refractivity contribution in [2.45, 2.75) is 50.4 Å². The summed E-state index contributed by atoms with van der Waals surface area (Å²) in [6, 6.07) is 2.02. The monoisotopic (exact) mass is 402 g/mol.